The van der Waals surface area contributed by atoms with Crippen LogP contribution in [0.4, 0.5) is 0 Å². The maximum Gasteiger partial charge on any atom is 0.373 e. The Labute approximate surface area is 375 Å². The second-order valence-electron chi connectivity index (χ2n) is 20.2. The Morgan fingerprint density at radius 2 is 1.27 bits per heavy atom. The van der Waals surface area contributed by atoms with E-state index in [-0.39, 0.29) is 72.3 Å². The molecule has 350 valence electrons. The summed E-state index contributed by atoms with van der Waals surface area (Å²) in [5.74, 6) is -2.72. The highest BCUT2D eigenvalue weighted by Gasteiger charge is 2.94. The molecule has 0 aromatic carbocycles. The SMILES string of the molecule is C.C=C1C[C@]23C[C@@]1(OC(C)=O)CC[C@@]2(O)OC1=C([C@@H]3C(=O)OC)C(C)(C)[C@@H](C)C=C1.C=C1C[C@]23C[C@@]1(OC(C)=O)CC[C@@]21O[C@]12C=C[C@H](C)C(C)(C)[C@H]2[C@@H]3C(=O)OC.O=C=O.O=C=O. The van der Waals surface area contributed by atoms with E-state index < -0.39 is 51.3 Å². The summed E-state index contributed by atoms with van der Waals surface area (Å²) in [5, 5.41) is 11.7. The van der Waals surface area contributed by atoms with Gasteiger partial charge < -0.3 is 33.5 Å². The Bertz CT molecular complexity index is 2170. The van der Waals surface area contributed by atoms with E-state index in [1.165, 1.54) is 28.1 Å². The predicted octanol–water partition coefficient (Wildman–Crippen LogP) is 6.46. The second kappa shape index (κ2) is 16.2. The summed E-state index contributed by atoms with van der Waals surface area (Å²) in [4.78, 5) is 82.7. The second-order valence-corrected chi connectivity index (χ2v) is 20.2. The molecule has 15 nitrogen and oxygen atoms in total. The molecule has 1 N–H and O–H groups in total. The van der Waals surface area contributed by atoms with Crippen molar-refractivity contribution < 1.29 is 71.9 Å². The van der Waals surface area contributed by atoms with Crippen LogP contribution in [0.25, 0.3) is 0 Å². The molecule has 12 atom stereocenters. The third-order valence-electron chi connectivity index (χ3n) is 17.1. The molecule has 2 aliphatic heterocycles. The van der Waals surface area contributed by atoms with Crippen LogP contribution in [0.15, 0.2) is 59.9 Å². The number of carbonyl (C=O) groups excluding carboxylic acids is 8. The number of esters is 4. The maximum atomic E-state index is 13.3. The van der Waals surface area contributed by atoms with Crippen LogP contribution in [0.3, 0.4) is 0 Å². The number of ether oxygens (including phenoxy) is 6. The minimum Gasteiger partial charge on any atom is -0.469 e. The summed E-state index contributed by atoms with van der Waals surface area (Å²) in [7, 11) is 2.85. The Hall–Kier alpha value is -4.94. The van der Waals surface area contributed by atoms with Crippen molar-refractivity contribution in [2.24, 2.45) is 51.2 Å². The summed E-state index contributed by atoms with van der Waals surface area (Å²) < 4.78 is 35.2. The molecule has 64 heavy (non-hydrogen) atoms. The monoisotopic (exact) mass is 892 g/mol. The van der Waals surface area contributed by atoms with E-state index in [1.807, 2.05) is 12.2 Å². The van der Waals surface area contributed by atoms with Crippen LogP contribution in [-0.2, 0) is 66.8 Å². The summed E-state index contributed by atoms with van der Waals surface area (Å²) in [6.07, 6.45) is 12.9. The quantitative estimate of drug-likeness (QED) is 0.139. The van der Waals surface area contributed by atoms with Crippen molar-refractivity contribution in [2.45, 2.75) is 142 Å². The largest absolute Gasteiger partial charge is 0.469 e. The first-order valence-corrected chi connectivity index (χ1v) is 21.4. The van der Waals surface area contributed by atoms with Gasteiger partial charge in [0.1, 0.15) is 28.2 Å². The fraction of sp³-hybridized carbons (Fsp3) is 0.673. The van der Waals surface area contributed by atoms with Gasteiger partial charge in [-0.05, 0) is 77.6 Å². The molecule has 15 heteroatoms. The van der Waals surface area contributed by atoms with Gasteiger partial charge >= 0.3 is 36.2 Å². The van der Waals surface area contributed by atoms with Gasteiger partial charge in [-0.15, -0.1) is 0 Å². The van der Waals surface area contributed by atoms with Crippen LogP contribution in [0, 0.1) is 51.2 Å². The molecule has 9 aliphatic rings. The molecule has 4 spiro atoms. The number of allylic oxidation sites excluding steroid dienone is 3. The van der Waals surface area contributed by atoms with Crippen molar-refractivity contribution in [1.29, 1.82) is 0 Å². The molecule has 6 fully saturated rings. The third kappa shape index (κ3) is 6.50. The molecular formula is C49H64O15. The molecule has 0 aromatic rings. The summed E-state index contributed by atoms with van der Waals surface area (Å²) in [5.41, 5.74) is -1.79. The molecule has 2 heterocycles. The lowest BCUT2D eigenvalue weighted by molar-refractivity contribution is -0.300. The van der Waals surface area contributed by atoms with E-state index in [2.05, 4.69) is 66.9 Å². The molecule has 0 radical (unpaired) electrons. The van der Waals surface area contributed by atoms with Crippen LogP contribution < -0.4 is 0 Å². The normalized spacial score (nSPS) is 41.9. The van der Waals surface area contributed by atoms with E-state index >= 15 is 0 Å². The van der Waals surface area contributed by atoms with E-state index in [4.69, 9.17) is 47.6 Å². The fourth-order valence-electron chi connectivity index (χ4n) is 13.8. The van der Waals surface area contributed by atoms with Crippen molar-refractivity contribution in [3.05, 3.63) is 59.9 Å². The number of hydrogen-bond acceptors (Lipinski definition) is 15. The lowest BCUT2D eigenvalue weighted by Gasteiger charge is -2.58. The number of rotatable bonds is 4. The number of fused-ring (bicyclic) bond motifs is 2. The Kier molecular flexibility index (Phi) is 12.7. The first-order chi connectivity index (χ1) is 29.3. The zero-order valence-electron chi connectivity index (χ0n) is 37.9. The molecule has 0 unspecified atom stereocenters. The van der Waals surface area contributed by atoms with E-state index in [0.29, 0.717) is 50.2 Å². The molecule has 0 aromatic heterocycles. The number of epoxide rings is 1. The number of hydrogen-bond donors (Lipinski definition) is 1. The van der Waals surface area contributed by atoms with Crippen LogP contribution in [0.2, 0.25) is 0 Å². The van der Waals surface area contributed by atoms with E-state index in [0.717, 1.165) is 23.1 Å². The van der Waals surface area contributed by atoms with Crippen molar-refractivity contribution in [3.8, 4) is 0 Å². The van der Waals surface area contributed by atoms with E-state index in [1.54, 1.807) is 0 Å². The Balaban J connectivity index is 0.000000212. The number of methoxy groups -OCH3 is 2. The predicted molar refractivity (Wildman–Crippen MR) is 224 cm³/mol. The van der Waals surface area contributed by atoms with Gasteiger partial charge in [0.15, 0.2) is 0 Å². The summed E-state index contributed by atoms with van der Waals surface area (Å²) >= 11 is 0. The summed E-state index contributed by atoms with van der Waals surface area (Å²) in [6.45, 7) is 24.3. The van der Waals surface area contributed by atoms with Gasteiger partial charge in [0.05, 0.1) is 31.5 Å². The molecular weight excluding hydrogens is 829 g/mol. The number of aliphatic hydroxyl groups is 1. The first kappa shape index (κ1) is 50.1. The summed E-state index contributed by atoms with van der Waals surface area (Å²) in [6, 6.07) is 0. The molecule has 1 saturated heterocycles. The third-order valence-corrected chi connectivity index (χ3v) is 17.1. The topological polar surface area (TPSA) is 215 Å². The minimum absolute atomic E-state index is 0. The minimum atomic E-state index is -1.56. The molecule has 0 amide bonds. The molecule has 4 bridgehead atoms. The van der Waals surface area contributed by atoms with Gasteiger partial charge in [-0.1, -0.05) is 80.4 Å². The van der Waals surface area contributed by atoms with Crippen LogP contribution in [0.1, 0.15) is 114 Å². The highest BCUT2D eigenvalue weighted by Crippen LogP contribution is 2.86. The van der Waals surface area contributed by atoms with Crippen LogP contribution in [-0.4, -0.2) is 83.7 Å². The highest BCUT2D eigenvalue weighted by molar-refractivity contribution is 5.80. The van der Waals surface area contributed by atoms with Gasteiger partial charge in [0.2, 0.25) is 5.79 Å². The lowest BCUT2D eigenvalue weighted by Crippen LogP contribution is -2.63. The maximum absolute atomic E-state index is 13.3. The van der Waals surface area contributed by atoms with Gasteiger partial charge in [0.25, 0.3) is 0 Å². The van der Waals surface area contributed by atoms with Crippen molar-refractivity contribution in [3.63, 3.8) is 0 Å². The van der Waals surface area contributed by atoms with Crippen LogP contribution in [0.5, 0.6) is 0 Å². The smallest absolute Gasteiger partial charge is 0.373 e. The van der Waals surface area contributed by atoms with Gasteiger partial charge in [0, 0.05) is 44.4 Å². The molecule has 7 aliphatic carbocycles. The van der Waals surface area contributed by atoms with Crippen molar-refractivity contribution >= 4 is 36.2 Å². The Morgan fingerprint density at radius 1 is 0.766 bits per heavy atom. The highest BCUT2D eigenvalue weighted by atomic mass is 16.6. The average molecular weight is 893 g/mol. The lowest BCUT2D eigenvalue weighted by atomic mass is 9.53. The van der Waals surface area contributed by atoms with Crippen molar-refractivity contribution in [2.75, 3.05) is 14.2 Å². The van der Waals surface area contributed by atoms with E-state index in [9.17, 15) is 24.3 Å². The van der Waals surface area contributed by atoms with Crippen molar-refractivity contribution in [1.82, 2.24) is 0 Å². The van der Waals surface area contributed by atoms with Crippen LogP contribution >= 0.6 is 0 Å². The molecule has 5 saturated carbocycles. The zero-order valence-corrected chi connectivity index (χ0v) is 37.9. The first-order valence-electron chi connectivity index (χ1n) is 21.4. The standard InChI is InChI=1S/C23H30O6.C23H30O5.2CO2.CH4/c1-13-7-8-16-17(20(13,4)5)18(19(25)27-6)21-11-14(2)22(12-21,28-15(3)24)9-10-23(21,26)29-16;1-13-7-8-22-17(19(13,4)5)16(18(25)26-6)20-11-14(2)21(12-20,27-15(3)24)9-10-23(20,22)28-22;2*2-1-3;/h7-8,13,18,26H,2,9-12H2,1,3-6H3;7-8,13,16-17H,2,9-12H2,1,3-6H3;;;1H4/t13-,18+,21+,22-,23+;13-,16+,17+,20+,21-,22-,23+;;;/m00.../s1. The molecule has 9 rings (SSSR count). The fourth-order valence-corrected chi connectivity index (χ4v) is 13.8. The Morgan fingerprint density at radius 3 is 1.78 bits per heavy atom. The average Bonchev–Trinajstić information content (AvgIpc) is 3.59. The zero-order chi connectivity index (χ0) is 47.1. The van der Waals surface area contributed by atoms with Gasteiger partial charge in [-0.2, -0.15) is 19.2 Å². The van der Waals surface area contributed by atoms with Gasteiger partial charge in [-0.25, -0.2) is 0 Å². The number of carbonyl (C=O) groups is 4. The van der Waals surface area contributed by atoms with Gasteiger partial charge in [-0.3, -0.25) is 19.2 Å².